The lowest BCUT2D eigenvalue weighted by Gasteiger charge is -2.35. The summed E-state index contributed by atoms with van der Waals surface area (Å²) in [7, 11) is 0. The standard InChI is InChI=1S/C24H25N3O4.C8H8ClNO/c1-17-7-8-18-5-2-3-6-21(18)27(17)23(28)19-9-11-20(12-10-19)31-16-4-14-26-15-13-25-22(26)24(29)30;1-6(11)10-8-4-2-7(9)3-5-8/h2-3,5-6,9-13,15,17H,4,7-8,14,16H2,1H3,(H,29,30);2-5H,1H3,(H,10,11)/t17-;/m0./s1. The topological polar surface area (TPSA) is 114 Å². The first-order chi connectivity index (χ1) is 20.2. The number of carboxylic acids is 1. The number of amides is 2. The van der Waals surface area contributed by atoms with Gasteiger partial charge in [0.25, 0.3) is 5.91 Å². The van der Waals surface area contributed by atoms with Crippen molar-refractivity contribution in [3.05, 3.63) is 107 Å². The van der Waals surface area contributed by atoms with Crippen molar-refractivity contribution in [1.82, 2.24) is 9.55 Å². The van der Waals surface area contributed by atoms with E-state index in [0.29, 0.717) is 35.9 Å². The monoisotopic (exact) mass is 588 g/mol. The first-order valence-electron chi connectivity index (χ1n) is 13.6. The molecule has 1 aliphatic heterocycles. The van der Waals surface area contributed by atoms with Crippen LogP contribution in [0, 0.1) is 0 Å². The molecule has 5 rings (SSSR count). The maximum atomic E-state index is 13.2. The molecule has 2 amide bonds. The van der Waals surface area contributed by atoms with Crippen molar-refractivity contribution in [2.24, 2.45) is 0 Å². The Bertz CT molecular complexity index is 1520. The second-order valence-corrected chi connectivity index (χ2v) is 10.3. The Kier molecular flexibility index (Phi) is 10.3. The Morgan fingerprint density at radius 2 is 1.76 bits per heavy atom. The third-order valence-corrected chi connectivity index (χ3v) is 6.98. The number of fused-ring (bicyclic) bond motifs is 1. The first kappa shape index (κ1) is 30.3. The van der Waals surface area contributed by atoms with Gasteiger partial charge in [0.1, 0.15) is 5.75 Å². The second kappa shape index (κ2) is 14.3. The molecule has 4 aromatic rings. The minimum atomic E-state index is -1.04. The van der Waals surface area contributed by atoms with E-state index in [9.17, 15) is 14.4 Å². The SMILES string of the molecule is CC(=O)Nc1ccc(Cl)cc1.C[C@H]1CCc2ccccc2N1C(=O)c1ccc(OCCCn2ccnc2C(=O)O)cc1. The van der Waals surface area contributed by atoms with Crippen LogP contribution in [0.25, 0.3) is 0 Å². The molecule has 218 valence electrons. The van der Waals surface area contributed by atoms with Crippen LogP contribution in [0.2, 0.25) is 5.02 Å². The smallest absolute Gasteiger partial charge is 0.372 e. The number of aromatic carboxylic acids is 1. The van der Waals surface area contributed by atoms with Crippen LogP contribution in [0.1, 0.15) is 53.2 Å². The van der Waals surface area contributed by atoms with Gasteiger partial charge in [-0.15, -0.1) is 0 Å². The Morgan fingerprint density at radius 3 is 2.45 bits per heavy atom. The van der Waals surface area contributed by atoms with Gasteiger partial charge in [-0.05, 0) is 86.3 Å². The molecule has 1 aromatic heterocycles. The highest BCUT2D eigenvalue weighted by atomic mass is 35.5. The molecule has 3 aromatic carbocycles. The van der Waals surface area contributed by atoms with Crippen LogP contribution in [0.15, 0.2) is 85.2 Å². The van der Waals surface area contributed by atoms with E-state index in [1.54, 1.807) is 59.3 Å². The van der Waals surface area contributed by atoms with Crippen LogP contribution in [-0.4, -0.2) is 45.1 Å². The first-order valence-corrected chi connectivity index (χ1v) is 14.0. The molecule has 9 nitrogen and oxygen atoms in total. The molecule has 0 spiro atoms. The number of hydrogen-bond donors (Lipinski definition) is 2. The molecular formula is C32H33ClN4O5. The van der Waals surface area contributed by atoms with Gasteiger partial charge in [-0.1, -0.05) is 29.8 Å². The molecule has 1 atom stereocenters. The number of hydrogen-bond acceptors (Lipinski definition) is 5. The number of rotatable bonds is 8. The predicted octanol–water partition coefficient (Wildman–Crippen LogP) is 6.33. The second-order valence-electron chi connectivity index (χ2n) is 9.86. The normalized spacial score (nSPS) is 13.8. The highest BCUT2D eigenvalue weighted by molar-refractivity contribution is 6.30. The molecule has 0 bridgehead atoms. The number of carboxylic acid groups (broad SMARTS) is 1. The molecular weight excluding hydrogens is 556 g/mol. The molecule has 0 unspecified atom stereocenters. The van der Waals surface area contributed by atoms with E-state index in [1.807, 2.05) is 23.1 Å². The zero-order valence-electron chi connectivity index (χ0n) is 23.5. The summed E-state index contributed by atoms with van der Waals surface area (Å²) in [5.74, 6) is -0.430. The number of carbonyl (C=O) groups excluding carboxylic acids is 2. The van der Waals surface area contributed by atoms with Gasteiger partial charge in [0, 0.05) is 53.9 Å². The molecule has 2 N–H and O–H groups in total. The van der Waals surface area contributed by atoms with Crippen LogP contribution in [-0.2, 0) is 17.8 Å². The average molecular weight is 589 g/mol. The number of ether oxygens (including phenoxy) is 1. The van der Waals surface area contributed by atoms with Crippen LogP contribution in [0.4, 0.5) is 11.4 Å². The Labute approximate surface area is 249 Å². The summed E-state index contributed by atoms with van der Waals surface area (Å²) in [5.41, 5.74) is 3.59. The molecule has 0 fully saturated rings. The number of imidazole rings is 1. The van der Waals surface area contributed by atoms with Gasteiger partial charge >= 0.3 is 5.97 Å². The molecule has 0 aliphatic carbocycles. The van der Waals surface area contributed by atoms with Gasteiger partial charge in [-0.3, -0.25) is 9.59 Å². The van der Waals surface area contributed by atoms with Gasteiger partial charge in [0.15, 0.2) is 0 Å². The number of benzene rings is 3. The molecule has 0 saturated carbocycles. The number of aromatic nitrogens is 2. The van der Waals surface area contributed by atoms with Crippen molar-refractivity contribution in [2.75, 3.05) is 16.8 Å². The third-order valence-electron chi connectivity index (χ3n) is 6.73. The fourth-order valence-electron chi connectivity index (χ4n) is 4.68. The highest BCUT2D eigenvalue weighted by Gasteiger charge is 2.28. The number of anilines is 2. The van der Waals surface area contributed by atoms with E-state index in [0.717, 1.165) is 24.2 Å². The molecule has 0 saturated heterocycles. The molecule has 2 heterocycles. The maximum Gasteiger partial charge on any atom is 0.372 e. The molecule has 10 heteroatoms. The van der Waals surface area contributed by atoms with Crippen LogP contribution in [0.3, 0.4) is 0 Å². The average Bonchev–Trinajstić information content (AvgIpc) is 3.46. The number of nitrogens with zero attached hydrogens (tertiary/aromatic N) is 3. The van der Waals surface area contributed by atoms with E-state index < -0.39 is 5.97 Å². The molecule has 42 heavy (non-hydrogen) atoms. The van der Waals surface area contributed by atoms with E-state index in [-0.39, 0.29) is 23.7 Å². The van der Waals surface area contributed by atoms with E-state index >= 15 is 0 Å². The minimum absolute atomic E-state index is 0.00694. The van der Waals surface area contributed by atoms with E-state index in [4.69, 9.17) is 21.4 Å². The summed E-state index contributed by atoms with van der Waals surface area (Å²) in [6.45, 7) is 4.49. The Hall–Kier alpha value is -4.63. The van der Waals surface area contributed by atoms with Crippen LogP contribution < -0.4 is 15.0 Å². The van der Waals surface area contributed by atoms with Crippen LogP contribution in [0.5, 0.6) is 5.75 Å². The van der Waals surface area contributed by atoms with E-state index in [2.05, 4.69) is 23.3 Å². The lowest BCUT2D eigenvalue weighted by Crippen LogP contribution is -2.42. The Morgan fingerprint density at radius 1 is 1.05 bits per heavy atom. The third kappa shape index (κ3) is 7.98. The summed E-state index contributed by atoms with van der Waals surface area (Å²) >= 11 is 5.64. The fraction of sp³-hybridized carbons (Fsp3) is 0.250. The summed E-state index contributed by atoms with van der Waals surface area (Å²) in [4.78, 5) is 40.5. The largest absolute Gasteiger partial charge is 0.494 e. The zero-order chi connectivity index (χ0) is 30.1. The van der Waals surface area contributed by atoms with E-state index in [1.165, 1.54) is 18.7 Å². The quantitative estimate of drug-likeness (QED) is 0.233. The summed E-state index contributed by atoms with van der Waals surface area (Å²) in [6.07, 6.45) is 5.69. The molecule has 1 aliphatic rings. The number of nitrogens with one attached hydrogen (secondary N) is 1. The van der Waals surface area contributed by atoms with Crippen molar-refractivity contribution in [1.29, 1.82) is 0 Å². The van der Waals surface area contributed by atoms with Crippen molar-refractivity contribution < 1.29 is 24.2 Å². The highest BCUT2D eigenvalue weighted by Crippen LogP contribution is 2.32. The summed E-state index contributed by atoms with van der Waals surface area (Å²) in [5, 5.41) is 12.4. The van der Waals surface area contributed by atoms with Crippen molar-refractivity contribution in [3.8, 4) is 5.75 Å². The number of para-hydroxylation sites is 1. The van der Waals surface area contributed by atoms with Gasteiger partial charge in [0.05, 0.1) is 6.61 Å². The van der Waals surface area contributed by atoms with Crippen molar-refractivity contribution in [3.63, 3.8) is 0 Å². The fourth-order valence-corrected chi connectivity index (χ4v) is 4.81. The van der Waals surface area contributed by atoms with Crippen LogP contribution >= 0.6 is 11.6 Å². The van der Waals surface area contributed by atoms with Crippen molar-refractivity contribution >= 4 is 40.8 Å². The lowest BCUT2D eigenvalue weighted by molar-refractivity contribution is -0.114. The summed E-state index contributed by atoms with van der Waals surface area (Å²) in [6, 6.07) is 22.4. The lowest BCUT2D eigenvalue weighted by atomic mass is 9.96. The number of aryl methyl sites for hydroxylation is 2. The maximum absolute atomic E-state index is 13.2. The van der Waals surface area contributed by atoms with Gasteiger partial charge in [0.2, 0.25) is 11.7 Å². The van der Waals surface area contributed by atoms with Gasteiger partial charge < -0.3 is 24.6 Å². The predicted molar refractivity (Wildman–Crippen MR) is 163 cm³/mol. The minimum Gasteiger partial charge on any atom is -0.494 e. The number of carbonyl (C=O) groups is 3. The van der Waals surface area contributed by atoms with Gasteiger partial charge in [-0.2, -0.15) is 0 Å². The zero-order valence-corrected chi connectivity index (χ0v) is 24.3. The molecule has 0 radical (unpaired) electrons. The summed E-state index contributed by atoms with van der Waals surface area (Å²) < 4.78 is 7.34. The van der Waals surface area contributed by atoms with Gasteiger partial charge in [-0.25, -0.2) is 9.78 Å². The number of halogens is 1. The van der Waals surface area contributed by atoms with Crippen molar-refractivity contribution in [2.45, 2.75) is 45.7 Å². The Balaban J connectivity index is 0.000000310.